The number of hydrogen-bond acceptors (Lipinski definition) is 3. The highest BCUT2D eigenvalue weighted by Gasteiger charge is 1.96. The van der Waals surface area contributed by atoms with E-state index in [0.717, 1.165) is 6.08 Å². The average molecular weight is 213 g/mol. The fourth-order valence-electron chi connectivity index (χ4n) is 0.902. The van der Waals surface area contributed by atoms with Gasteiger partial charge >= 0.3 is 5.97 Å². The zero-order valence-electron chi connectivity index (χ0n) is 7.20. The maximum absolute atomic E-state index is 10.2. The van der Waals surface area contributed by atoms with Crippen LogP contribution in [-0.2, 0) is 4.79 Å². The van der Waals surface area contributed by atoms with E-state index in [1.54, 1.807) is 24.3 Å². The maximum atomic E-state index is 10.2. The number of carboxylic acid groups (broad SMARTS) is 1. The monoisotopic (exact) mass is 212 g/mol. The molecule has 0 aliphatic heterocycles. The Bertz CT molecular complexity index is 377. The number of carboxylic acids is 1. The fourth-order valence-corrected chi connectivity index (χ4v) is 1.09. The van der Waals surface area contributed by atoms with E-state index in [1.165, 1.54) is 0 Å². The Morgan fingerprint density at radius 2 is 2.29 bits per heavy atom. The molecule has 0 fully saturated rings. The molecule has 1 rings (SSSR count). The third-order valence-corrected chi connectivity index (χ3v) is 1.63. The van der Waals surface area contributed by atoms with Gasteiger partial charge < -0.3 is 16.2 Å². The van der Waals surface area contributed by atoms with Gasteiger partial charge in [-0.1, -0.05) is 17.7 Å². The molecule has 5 heteroatoms. The number of anilines is 1. The van der Waals surface area contributed by atoms with Crippen LogP contribution >= 0.6 is 11.6 Å². The molecule has 0 amide bonds. The van der Waals surface area contributed by atoms with E-state index in [0.29, 0.717) is 10.7 Å². The molecule has 14 heavy (non-hydrogen) atoms. The number of rotatable bonds is 3. The van der Waals surface area contributed by atoms with Crippen LogP contribution in [0.4, 0.5) is 5.69 Å². The van der Waals surface area contributed by atoms with Gasteiger partial charge in [0.25, 0.3) is 0 Å². The minimum absolute atomic E-state index is 0.0553. The van der Waals surface area contributed by atoms with Gasteiger partial charge in [0.05, 0.1) is 6.08 Å². The first kappa shape index (κ1) is 10.4. The number of nitrogens with two attached hydrogens (primary N) is 1. The van der Waals surface area contributed by atoms with Crippen molar-refractivity contribution in [1.82, 2.24) is 0 Å². The molecule has 0 bridgehead atoms. The summed E-state index contributed by atoms with van der Waals surface area (Å²) in [4.78, 5) is 10.2. The summed E-state index contributed by atoms with van der Waals surface area (Å²) in [5, 5.41) is 11.6. The minimum Gasteiger partial charge on any atom is -0.478 e. The standard InChI is InChI=1S/C9H9ClN2O2/c10-6-2-1-3-7(4-6)12-8(11)5-9(13)14/h1-5,12H,11H2,(H,13,14). The second-order valence-electron chi connectivity index (χ2n) is 2.57. The largest absolute Gasteiger partial charge is 0.478 e. The van der Waals surface area contributed by atoms with Crippen LogP contribution in [0.2, 0.25) is 5.02 Å². The van der Waals surface area contributed by atoms with Crippen LogP contribution in [0.15, 0.2) is 36.2 Å². The minimum atomic E-state index is -1.10. The number of aliphatic carboxylic acids is 1. The molecule has 4 N–H and O–H groups in total. The summed E-state index contributed by atoms with van der Waals surface area (Å²) in [5.74, 6) is -1.04. The molecule has 1 aromatic carbocycles. The van der Waals surface area contributed by atoms with E-state index in [4.69, 9.17) is 22.4 Å². The molecule has 0 atom stereocenters. The van der Waals surface area contributed by atoms with Crippen LogP contribution in [0.1, 0.15) is 0 Å². The zero-order chi connectivity index (χ0) is 10.6. The van der Waals surface area contributed by atoms with Crippen molar-refractivity contribution in [1.29, 1.82) is 0 Å². The Hall–Kier alpha value is -1.68. The lowest BCUT2D eigenvalue weighted by molar-refractivity contribution is -0.131. The first-order valence-corrected chi connectivity index (χ1v) is 4.18. The molecular weight excluding hydrogens is 204 g/mol. The van der Waals surface area contributed by atoms with Crippen molar-refractivity contribution in [3.05, 3.63) is 41.2 Å². The zero-order valence-corrected chi connectivity index (χ0v) is 7.95. The third kappa shape index (κ3) is 3.37. The second kappa shape index (κ2) is 4.53. The van der Waals surface area contributed by atoms with Gasteiger partial charge in [-0.15, -0.1) is 0 Å². The van der Waals surface area contributed by atoms with Crippen LogP contribution in [0.25, 0.3) is 0 Å². The number of hydrogen-bond donors (Lipinski definition) is 3. The molecule has 1 aromatic rings. The van der Waals surface area contributed by atoms with Crippen LogP contribution in [0.3, 0.4) is 0 Å². The van der Waals surface area contributed by atoms with Crippen molar-refractivity contribution in [3.63, 3.8) is 0 Å². The Morgan fingerprint density at radius 3 is 2.86 bits per heavy atom. The molecule has 0 spiro atoms. The smallest absolute Gasteiger partial charge is 0.331 e. The molecule has 0 aromatic heterocycles. The van der Waals surface area contributed by atoms with Crippen molar-refractivity contribution in [3.8, 4) is 0 Å². The summed E-state index contributed by atoms with van der Waals surface area (Å²) in [6.45, 7) is 0. The predicted molar refractivity (Wildman–Crippen MR) is 55.0 cm³/mol. The topological polar surface area (TPSA) is 75.4 Å². The Morgan fingerprint density at radius 1 is 1.57 bits per heavy atom. The first-order chi connectivity index (χ1) is 6.58. The highest BCUT2D eigenvalue weighted by molar-refractivity contribution is 6.30. The van der Waals surface area contributed by atoms with Gasteiger partial charge in [0.15, 0.2) is 0 Å². The van der Waals surface area contributed by atoms with Crippen LogP contribution < -0.4 is 11.1 Å². The summed E-state index contributed by atoms with van der Waals surface area (Å²) < 4.78 is 0. The lowest BCUT2D eigenvalue weighted by atomic mass is 10.3. The molecule has 0 unspecified atom stereocenters. The molecule has 0 saturated carbocycles. The van der Waals surface area contributed by atoms with Crippen LogP contribution in [0.5, 0.6) is 0 Å². The SMILES string of the molecule is NC(=CC(=O)O)Nc1cccc(Cl)c1. The quantitative estimate of drug-likeness (QED) is 0.666. The van der Waals surface area contributed by atoms with Gasteiger partial charge in [0.2, 0.25) is 0 Å². The molecule has 0 aliphatic carbocycles. The number of nitrogens with one attached hydrogen (secondary N) is 1. The van der Waals surface area contributed by atoms with Crippen molar-refractivity contribution in [2.24, 2.45) is 5.73 Å². The van der Waals surface area contributed by atoms with Gasteiger partial charge in [-0.05, 0) is 18.2 Å². The average Bonchev–Trinajstić information content (AvgIpc) is 2.01. The summed E-state index contributed by atoms with van der Waals surface area (Å²) in [6, 6.07) is 6.82. The summed E-state index contributed by atoms with van der Waals surface area (Å²) >= 11 is 5.72. The molecule has 74 valence electrons. The molecule has 0 heterocycles. The van der Waals surface area contributed by atoms with Gasteiger partial charge in [-0.25, -0.2) is 4.79 Å². The van der Waals surface area contributed by atoms with Gasteiger partial charge in [0, 0.05) is 10.7 Å². The number of benzene rings is 1. The van der Waals surface area contributed by atoms with Gasteiger partial charge in [-0.3, -0.25) is 0 Å². The van der Waals surface area contributed by atoms with E-state index < -0.39 is 5.97 Å². The van der Waals surface area contributed by atoms with Crippen LogP contribution in [-0.4, -0.2) is 11.1 Å². The molecule has 0 saturated heterocycles. The normalized spacial score (nSPS) is 11.1. The Labute approximate surface area is 86.0 Å². The molecule has 0 radical (unpaired) electrons. The molecular formula is C9H9ClN2O2. The highest BCUT2D eigenvalue weighted by atomic mass is 35.5. The first-order valence-electron chi connectivity index (χ1n) is 3.80. The number of halogens is 1. The van der Waals surface area contributed by atoms with E-state index in [2.05, 4.69) is 5.32 Å². The van der Waals surface area contributed by atoms with E-state index in [-0.39, 0.29) is 5.82 Å². The Kier molecular flexibility index (Phi) is 3.36. The van der Waals surface area contributed by atoms with Gasteiger partial charge in [0.1, 0.15) is 5.82 Å². The van der Waals surface area contributed by atoms with Crippen LogP contribution in [0, 0.1) is 0 Å². The summed E-state index contributed by atoms with van der Waals surface area (Å²) in [5.41, 5.74) is 6.03. The Balaban J connectivity index is 2.74. The van der Waals surface area contributed by atoms with E-state index in [9.17, 15) is 4.79 Å². The fraction of sp³-hybridized carbons (Fsp3) is 0. The van der Waals surface area contributed by atoms with Crippen molar-refractivity contribution in [2.45, 2.75) is 0 Å². The lowest BCUT2D eigenvalue weighted by Gasteiger charge is -2.05. The summed E-state index contributed by atoms with van der Waals surface area (Å²) in [7, 11) is 0. The second-order valence-corrected chi connectivity index (χ2v) is 3.01. The highest BCUT2D eigenvalue weighted by Crippen LogP contribution is 2.15. The van der Waals surface area contributed by atoms with Crippen molar-refractivity contribution < 1.29 is 9.90 Å². The maximum Gasteiger partial charge on any atom is 0.331 e. The number of carbonyl (C=O) groups is 1. The lowest BCUT2D eigenvalue weighted by Crippen LogP contribution is -2.11. The predicted octanol–water partition coefficient (Wildman–Crippen LogP) is 1.64. The molecule has 0 aliphatic rings. The van der Waals surface area contributed by atoms with Gasteiger partial charge in [-0.2, -0.15) is 0 Å². The van der Waals surface area contributed by atoms with Crippen molar-refractivity contribution in [2.75, 3.05) is 5.32 Å². The molecule has 4 nitrogen and oxygen atoms in total. The van der Waals surface area contributed by atoms with E-state index in [1.807, 2.05) is 0 Å². The van der Waals surface area contributed by atoms with E-state index >= 15 is 0 Å². The summed E-state index contributed by atoms with van der Waals surface area (Å²) in [6.07, 6.45) is 0.876. The third-order valence-electron chi connectivity index (χ3n) is 1.39. The van der Waals surface area contributed by atoms with Crippen molar-refractivity contribution >= 4 is 23.3 Å².